The van der Waals surface area contributed by atoms with Crippen molar-refractivity contribution in [3.63, 3.8) is 0 Å². The molecule has 1 rings (SSSR count). The molecule has 0 bridgehead atoms. The number of benzene rings is 1. The lowest BCUT2D eigenvalue weighted by molar-refractivity contribution is -0.388. The average Bonchev–Trinajstić information content (AvgIpc) is 2.03. The van der Waals surface area contributed by atoms with Gasteiger partial charge in [-0.2, -0.15) is 4.39 Å². The zero-order valence-corrected chi connectivity index (χ0v) is 6.16. The number of nitrogens with zero attached hydrogens (tertiary/aromatic N) is 1. The van der Waals surface area contributed by atoms with E-state index in [4.69, 9.17) is 5.73 Å². The maximum Gasteiger partial charge on any atom is 0.309 e. The van der Waals surface area contributed by atoms with Crippen molar-refractivity contribution in [1.29, 1.82) is 0 Å². The Morgan fingerprint density at radius 2 is 2.25 bits per heavy atom. The van der Waals surface area contributed by atoms with Gasteiger partial charge < -0.3 is 5.73 Å². The molecule has 0 saturated heterocycles. The normalized spacial score (nSPS) is 9.83. The van der Waals surface area contributed by atoms with E-state index in [1.165, 1.54) is 12.1 Å². The largest absolute Gasteiger partial charge is 0.326 e. The quantitative estimate of drug-likeness (QED) is 0.535. The number of nitrogens with two attached hydrogens (primary N) is 1. The third-order valence-corrected chi connectivity index (χ3v) is 1.47. The summed E-state index contributed by atoms with van der Waals surface area (Å²) in [6, 6.07) is 3.86. The van der Waals surface area contributed by atoms with Crippen LogP contribution >= 0.6 is 0 Å². The number of para-hydroxylation sites is 1. The molecule has 0 spiro atoms. The molecule has 0 radical (unpaired) electrons. The summed E-state index contributed by atoms with van der Waals surface area (Å²) in [4.78, 5) is 9.55. The van der Waals surface area contributed by atoms with Crippen LogP contribution in [-0.4, -0.2) is 4.92 Å². The summed E-state index contributed by atoms with van der Waals surface area (Å²) in [6.45, 7) is -0.0337. The van der Waals surface area contributed by atoms with Gasteiger partial charge in [0.25, 0.3) is 0 Å². The van der Waals surface area contributed by atoms with Crippen LogP contribution in [0.4, 0.5) is 10.1 Å². The van der Waals surface area contributed by atoms with Gasteiger partial charge in [-0.15, -0.1) is 0 Å². The van der Waals surface area contributed by atoms with Gasteiger partial charge in [0.05, 0.1) is 4.92 Å². The molecule has 1 aromatic carbocycles. The maximum absolute atomic E-state index is 12.8. The Balaban J connectivity index is 3.29. The molecule has 1 aromatic rings. The molecule has 0 aliphatic carbocycles. The van der Waals surface area contributed by atoms with Crippen LogP contribution in [0.2, 0.25) is 0 Å². The second kappa shape index (κ2) is 3.27. The zero-order chi connectivity index (χ0) is 9.14. The Morgan fingerprint density at radius 1 is 1.58 bits per heavy atom. The molecule has 0 amide bonds. The van der Waals surface area contributed by atoms with Gasteiger partial charge in [-0.25, -0.2) is 0 Å². The summed E-state index contributed by atoms with van der Waals surface area (Å²) in [5, 5.41) is 10.3. The van der Waals surface area contributed by atoms with Gasteiger partial charge in [-0.05, 0) is 6.07 Å². The van der Waals surface area contributed by atoms with Crippen molar-refractivity contribution in [2.45, 2.75) is 6.54 Å². The number of hydrogen-bond acceptors (Lipinski definition) is 3. The molecule has 5 heteroatoms. The molecule has 4 nitrogen and oxygen atoms in total. The van der Waals surface area contributed by atoms with Gasteiger partial charge in [0.1, 0.15) is 0 Å². The first-order chi connectivity index (χ1) is 5.66. The third-order valence-electron chi connectivity index (χ3n) is 1.47. The van der Waals surface area contributed by atoms with E-state index in [1.54, 1.807) is 0 Å². The summed E-state index contributed by atoms with van der Waals surface area (Å²) in [5.41, 5.74) is 4.87. The SMILES string of the molecule is NCc1cccc(F)c1[N+](=O)[O-]. The van der Waals surface area contributed by atoms with E-state index in [1.807, 2.05) is 0 Å². The second-order valence-corrected chi connectivity index (χ2v) is 2.21. The van der Waals surface area contributed by atoms with E-state index < -0.39 is 16.4 Å². The number of nitro benzene ring substituents is 1. The van der Waals surface area contributed by atoms with Crippen molar-refractivity contribution in [2.24, 2.45) is 5.73 Å². The lowest BCUT2D eigenvalue weighted by Crippen LogP contribution is -2.03. The van der Waals surface area contributed by atoms with Crippen LogP contribution in [0.25, 0.3) is 0 Å². The Morgan fingerprint density at radius 3 is 2.67 bits per heavy atom. The molecular formula is C7H7FN2O2. The molecule has 0 fully saturated rings. The highest BCUT2D eigenvalue weighted by Gasteiger charge is 2.17. The second-order valence-electron chi connectivity index (χ2n) is 2.21. The minimum Gasteiger partial charge on any atom is -0.326 e. The molecular weight excluding hydrogens is 163 g/mol. The van der Waals surface area contributed by atoms with E-state index in [0.29, 0.717) is 0 Å². The number of nitro groups is 1. The van der Waals surface area contributed by atoms with Crippen LogP contribution in [0.1, 0.15) is 5.56 Å². The zero-order valence-electron chi connectivity index (χ0n) is 6.16. The Hall–Kier alpha value is -1.49. The highest BCUT2D eigenvalue weighted by Crippen LogP contribution is 2.21. The van der Waals surface area contributed by atoms with Crippen LogP contribution in [0.3, 0.4) is 0 Å². The van der Waals surface area contributed by atoms with Gasteiger partial charge in [0, 0.05) is 12.1 Å². The van der Waals surface area contributed by atoms with Crippen molar-refractivity contribution in [3.8, 4) is 0 Å². The predicted molar refractivity (Wildman–Crippen MR) is 40.9 cm³/mol. The van der Waals surface area contributed by atoms with Gasteiger partial charge in [-0.3, -0.25) is 10.1 Å². The highest BCUT2D eigenvalue weighted by molar-refractivity contribution is 5.41. The Bertz CT molecular complexity index is 314. The summed E-state index contributed by atoms with van der Waals surface area (Å²) in [6.07, 6.45) is 0. The monoisotopic (exact) mass is 170 g/mol. The number of rotatable bonds is 2. The van der Waals surface area contributed by atoms with Crippen molar-refractivity contribution in [2.75, 3.05) is 0 Å². The number of halogens is 1. The molecule has 0 saturated carbocycles. The van der Waals surface area contributed by atoms with Crippen molar-refractivity contribution in [1.82, 2.24) is 0 Å². The Labute approximate surface area is 68.0 Å². The first kappa shape index (κ1) is 8.61. The van der Waals surface area contributed by atoms with Gasteiger partial charge >= 0.3 is 5.69 Å². The first-order valence-corrected chi connectivity index (χ1v) is 3.28. The molecule has 0 atom stereocenters. The lowest BCUT2D eigenvalue weighted by Gasteiger charge is -1.98. The van der Waals surface area contributed by atoms with Crippen LogP contribution in [-0.2, 0) is 6.54 Å². The molecule has 0 aliphatic heterocycles. The van der Waals surface area contributed by atoms with Crippen LogP contribution < -0.4 is 5.73 Å². The predicted octanol–water partition coefficient (Wildman–Crippen LogP) is 1.19. The van der Waals surface area contributed by atoms with Crippen LogP contribution in [0.15, 0.2) is 18.2 Å². The van der Waals surface area contributed by atoms with Gasteiger partial charge in [0.15, 0.2) is 0 Å². The minimum atomic E-state index is -0.844. The summed E-state index contributed by atoms with van der Waals surface area (Å²) >= 11 is 0. The molecule has 0 unspecified atom stereocenters. The van der Waals surface area contributed by atoms with E-state index >= 15 is 0 Å². The fourth-order valence-corrected chi connectivity index (χ4v) is 0.929. The fourth-order valence-electron chi connectivity index (χ4n) is 0.929. The van der Waals surface area contributed by atoms with E-state index in [0.717, 1.165) is 6.07 Å². The topological polar surface area (TPSA) is 69.2 Å². The molecule has 12 heavy (non-hydrogen) atoms. The minimum absolute atomic E-state index is 0.0337. The van der Waals surface area contributed by atoms with Gasteiger partial charge in [-0.1, -0.05) is 12.1 Å². The van der Waals surface area contributed by atoms with Gasteiger partial charge in [0.2, 0.25) is 5.82 Å². The van der Waals surface area contributed by atoms with Crippen molar-refractivity contribution in [3.05, 3.63) is 39.7 Å². The first-order valence-electron chi connectivity index (χ1n) is 3.28. The molecule has 2 N–H and O–H groups in total. The standard InChI is InChI=1S/C7H7FN2O2/c8-6-3-1-2-5(4-9)7(6)10(11)12/h1-3H,4,9H2. The Kier molecular flexibility index (Phi) is 2.35. The molecule has 0 aromatic heterocycles. The fraction of sp³-hybridized carbons (Fsp3) is 0.143. The summed E-state index contributed by atoms with van der Waals surface area (Å²) in [7, 11) is 0. The molecule has 0 aliphatic rings. The van der Waals surface area contributed by atoms with E-state index in [9.17, 15) is 14.5 Å². The third kappa shape index (κ3) is 1.40. The summed E-state index contributed by atoms with van der Waals surface area (Å²) in [5.74, 6) is -0.844. The average molecular weight is 170 g/mol. The lowest BCUT2D eigenvalue weighted by atomic mass is 10.2. The highest BCUT2D eigenvalue weighted by atomic mass is 19.1. The number of hydrogen-bond donors (Lipinski definition) is 1. The van der Waals surface area contributed by atoms with E-state index in [-0.39, 0.29) is 12.1 Å². The molecule has 64 valence electrons. The van der Waals surface area contributed by atoms with Crippen LogP contribution in [0.5, 0.6) is 0 Å². The van der Waals surface area contributed by atoms with Crippen molar-refractivity contribution >= 4 is 5.69 Å². The van der Waals surface area contributed by atoms with Crippen molar-refractivity contribution < 1.29 is 9.31 Å². The van der Waals surface area contributed by atoms with E-state index in [2.05, 4.69) is 0 Å². The van der Waals surface area contributed by atoms with Crippen LogP contribution in [0, 0.1) is 15.9 Å². The smallest absolute Gasteiger partial charge is 0.309 e. The summed E-state index contributed by atoms with van der Waals surface area (Å²) < 4.78 is 12.8. The maximum atomic E-state index is 12.8. The molecule has 0 heterocycles.